The monoisotopic (exact) mass is 299 g/mol. The van der Waals surface area contributed by atoms with E-state index in [0.29, 0.717) is 19.6 Å². The Kier molecular flexibility index (Phi) is 7.67. The summed E-state index contributed by atoms with van der Waals surface area (Å²) in [6, 6.07) is 0.0830. The lowest BCUT2D eigenvalue weighted by atomic mass is 9.91. The van der Waals surface area contributed by atoms with Crippen LogP contribution < -0.4 is 11.1 Å². The lowest BCUT2D eigenvalue weighted by Gasteiger charge is -2.38. The SMILES string of the molecule is CCOC(=O)CC1CC(NC(=O)C(C)C)CN(CCN)C1. The van der Waals surface area contributed by atoms with E-state index in [1.165, 1.54) is 0 Å². The van der Waals surface area contributed by atoms with Crippen molar-refractivity contribution < 1.29 is 14.3 Å². The van der Waals surface area contributed by atoms with Gasteiger partial charge in [0.05, 0.1) is 6.61 Å². The molecular formula is C15H29N3O3. The number of amides is 1. The largest absolute Gasteiger partial charge is 0.466 e. The van der Waals surface area contributed by atoms with Crippen LogP contribution in [0.3, 0.4) is 0 Å². The molecule has 1 aliphatic heterocycles. The van der Waals surface area contributed by atoms with Gasteiger partial charge in [-0.15, -0.1) is 0 Å². The van der Waals surface area contributed by atoms with Crippen molar-refractivity contribution in [2.75, 3.05) is 32.8 Å². The van der Waals surface area contributed by atoms with Crippen molar-refractivity contribution in [1.82, 2.24) is 10.2 Å². The standard InChI is InChI=1S/C15H29N3O3/c1-4-21-14(19)8-12-7-13(17-15(20)11(2)3)10-18(9-12)6-5-16/h11-13H,4-10,16H2,1-3H3,(H,17,20). The molecule has 0 spiro atoms. The van der Waals surface area contributed by atoms with Crippen LogP contribution in [0.25, 0.3) is 0 Å². The van der Waals surface area contributed by atoms with Gasteiger partial charge in [0.25, 0.3) is 0 Å². The normalized spacial score (nSPS) is 23.1. The number of carbonyl (C=O) groups is 2. The molecule has 0 aromatic heterocycles. The summed E-state index contributed by atoms with van der Waals surface area (Å²) in [5, 5.41) is 3.07. The van der Waals surface area contributed by atoms with Crippen molar-refractivity contribution >= 4 is 11.9 Å². The molecule has 6 heteroatoms. The molecule has 3 N–H and O–H groups in total. The number of likely N-dealkylation sites (tertiary alicyclic amines) is 1. The van der Waals surface area contributed by atoms with E-state index in [4.69, 9.17) is 10.5 Å². The van der Waals surface area contributed by atoms with Gasteiger partial charge >= 0.3 is 5.97 Å². The number of esters is 1. The molecule has 0 radical (unpaired) electrons. The fourth-order valence-electron chi connectivity index (χ4n) is 2.74. The number of carbonyl (C=O) groups excluding carboxylic acids is 2. The predicted octanol–water partition coefficient (Wildman–Crippen LogP) is 0.361. The molecule has 1 rings (SSSR count). The summed E-state index contributed by atoms with van der Waals surface area (Å²) >= 11 is 0. The van der Waals surface area contributed by atoms with Gasteiger partial charge in [0.1, 0.15) is 0 Å². The number of nitrogens with one attached hydrogen (secondary N) is 1. The number of nitrogens with zero attached hydrogens (tertiary/aromatic N) is 1. The highest BCUT2D eigenvalue weighted by molar-refractivity contribution is 5.78. The number of hydrogen-bond donors (Lipinski definition) is 2. The summed E-state index contributed by atoms with van der Waals surface area (Å²) in [4.78, 5) is 25.7. The first kappa shape index (κ1) is 17.9. The van der Waals surface area contributed by atoms with E-state index in [2.05, 4.69) is 10.2 Å². The maximum Gasteiger partial charge on any atom is 0.306 e. The van der Waals surface area contributed by atoms with Crippen LogP contribution in [0.2, 0.25) is 0 Å². The highest BCUT2D eigenvalue weighted by Gasteiger charge is 2.29. The zero-order valence-corrected chi connectivity index (χ0v) is 13.4. The lowest BCUT2D eigenvalue weighted by Crippen LogP contribution is -2.52. The number of nitrogens with two attached hydrogens (primary N) is 1. The number of piperidine rings is 1. The summed E-state index contributed by atoms with van der Waals surface area (Å²) in [5.74, 6) is 0.0794. The quantitative estimate of drug-likeness (QED) is 0.663. The molecule has 1 aliphatic rings. The first-order valence-corrected chi connectivity index (χ1v) is 7.84. The van der Waals surface area contributed by atoms with Crippen LogP contribution in [0, 0.1) is 11.8 Å². The third-order valence-electron chi connectivity index (χ3n) is 3.69. The third kappa shape index (κ3) is 6.44. The number of ether oxygens (including phenoxy) is 1. The van der Waals surface area contributed by atoms with Crippen molar-refractivity contribution in [2.24, 2.45) is 17.6 Å². The van der Waals surface area contributed by atoms with Crippen LogP contribution in [-0.2, 0) is 14.3 Å². The molecule has 6 nitrogen and oxygen atoms in total. The molecule has 0 aromatic rings. The smallest absolute Gasteiger partial charge is 0.306 e. The van der Waals surface area contributed by atoms with Gasteiger partial charge in [0, 0.05) is 44.6 Å². The van der Waals surface area contributed by atoms with Crippen molar-refractivity contribution in [3.05, 3.63) is 0 Å². The van der Waals surface area contributed by atoms with E-state index >= 15 is 0 Å². The van der Waals surface area contributed by atoms with E-state index in [-0.39, 0.29) is 29.8 Å². The van der Waals surface area contributed by atoms with Crippen LogP contribution in [-0.4, -0.2) is 55.6 Å². The summed E-state index contributed by atoms with van der Waals surface area (Å²) in [6.07, 6.45) is 1.22. The molecule has 1 heterocycles. The fourth-order valence-corrected chi connectivity index (χ4v) is 2.74. The number of rotatable bonds is 7. The first-order chi connectivity index (χ1) is 9.96. The Morgan fingerprint density at radius 1 is 1.38 bits per heavy atom. The fraction of sp³-hybridized carbons (Fsp3) is 0.867. The summed E-state index contributed by atoms with van der Waals surface area (Å²) in [6.45, 7) is 8.98. The second-order valence-corrected chi connectivity index (χ2v) is 6.02. The minimum absolute atomic E-state index is 0.0293. The van der Waals surface area contributed by atoms with Crippen LogP contribution >= 0.6 is 0 Å². The zero-order chi connectivity index (χ0) is 15.8. The molecule has 0 bridgehead atoms. The lowest BCUT2D eigenvalue weighted by molar-refractivity contribution is -0.144. The van der Waals surface area contributed by atoms with Gasteiger partial charge in [-0.2, -0.15) is 0 Å². The van der Waals surface area contributed by atoms with Gasteiger partial charge in [-0.05, 0) is 19.3 Å². The molecule has 1 fully saturated rings. The molecule has 1 amide bonds. The summed E-state index contributed by atoms with van der Waals surface area (Å²) < 4.78 is 5.02. The first-order valence-electron chi connectivity index (χ1n) is 7.84. The van der Waals surface area contributed by atoms with Gasteiger partial charge in [-0.1, -0.05) is 13.8 Å². The maximum absolute atomic E-state index is 11.9. The molecule has 0 aliphatic carbocycles. The minimum Gasteiger partial charge on any atom is -0.466 e. The molecule has 0 saturated carbocycles. The average molecular weight is 299 g/mol. The Bertz CT molecular complexity index is 347. The molecule has 1 saturated heterocycles. The average Bonchev–Trinajstić information content (AvgIpc) is 2.38. The zero-order valence-electron chi connectivity index (χ0n) is 13.4. The second kappa shape index (κ2) is 9.00. The van der Waals surface area contributed by atoms with E-state index in [9.17, 15) is 9.59 Å². The summed E-state index contributed by atoms with van der Waals surface area (Å²) in [5.41, 5.74) is 5.63. The van der Waals surface area contributed by atoms with Crippen LogP contribution in [0.1, 0.15) is 33.6 Å². The maximum atomic E-state index is 11.9. The van der Waals surface area contributed by atoms with Crippen LogP contribution in [0.5, 0.6) is 0 Å². The molecule has 122 valence electrons. The van der Waals surface area contributed by atoms with E-state index in [1.54, 1.807) is 0 Å². The van der Waals surface area contributed by atoms with Gasteiger partial charge in [-0.3, -0.25) is 14.5 Å². The van der Waals surface area contributed by atoms with Crippen molar-refractivity contribution in [3.63, 3.8) is 0 Å². The van der Waals surface area contributed by atoms with Crippen LogP contribution in [0.4, 0.5) is 0 Å². The summed E-state index contributed by atoms with van der Waals surface area (Å²) in [7, 11) is 0. The molecule has 21 heavy (non-hydrogen) atoms. The van der Waals surface area contributed by atoms with E-state index < -0.39 is 0 Å². The Morgan fingerprint density at radius 2 is 2.10 bits per heavy atom. The molecule has 0 aromatic carbocycles. The Labute approximate surface area is 127 Å². The minimum atomic E-state index is -0.161. The topological polar surface area (TPSA) is 84.7 Å². The Morgan fingerprint density at radius 3 is 2.67 bits per heavy atom. The van der Waals surface area contributed by atoms with Gasteiger partial charge in [0.15, 0.2) is 0 Å². The van der Waals surface area contributed by atoms with Crippen molar-refractivity contribution in [3.8, 4) is 0 Å². The number of hydrogen-bond acceptors (Lipinski definition) is 5. The van der Waals surface area contributed by atoms with Gasteiger partial charge in [-0.25, -0.2) is 0 Å². The Balaban J connectivity index is 2.59. The highest BCUT2D eigenvalue weighted by atomic mass is 16.5. The third-order valence-corrected chi connectivity index (χ3v) is 3.69. The van der Waals surface area contributed by atoms with Crippen molar-refractivity contribution in [2.45, 2.75) is 39.7 Å². The predicted molar refractivity (Wildman–Crippen MR) is 81.6 cm³/mol. The molecular weight excluding hydrogens is 270 g/mol. The van der Waals surface area contributed by atoms with Gasteiger partial charge < -0.3 is 15.8 Å². The van der Waals surface area contributed by atoms with Gasteiger partial charge in [0.2, 0.25) is 5.91 Å². The van der Waals surface area contributed by atoms with E-state index in [1.807, 2.05) is 20.8 Å². The van der Waals surface area contributed by atoms with Crippen molar-refractivity contribution in [1.29, 1.82) is 0 Å². The molecule has 2 atom stereocenters. The van der Waals surface area contributed by atoms with Crippen LogP contribution in [0.15, 0.2) is 0 Å². The second-order valence-electron chi connectivity index (χ2n) is 6.02. The van der Waals surface area contributed by atoms with E-state index in [0.717, 1.165) is 26.1 Å². The highest BCUT2D eigenvalue weighted by Crippen LogP contribution is 2.20. The Hall–Kier alpha value is -1.14. The molecule has 2 unspecified atom stereocenters.